The van der Waals surface area contributed by atoms with Crippen molar-refractivity contribution in [1.82, 2.24) is 5.32 Å². The number of rotatable bonds is 4. The summed E-state index contributed by atoms with van der Waals surface area (Å²) in [7, 11) is 0. The van der Waals surface area contributed by atoms with Crippen LogP contribution in [0, 0.1) is 5.41 Å². The molecule has 3 heteroatoms. The first-order valence-corrected chi connectivity index (χ1v) is 6.66. The third-order valence-corrected chi connectivity index (χ3v) is 3.77. The third kappa shape index (κ3) is 2.44. The first kappa shape index (κ1) is 12.5. The summed E-state index contributed by atoms with van der Waals surface area (Å²) in [6.45, 7) is 5.45. The number of ether oxygens (including phenoxy) is 1. The Morgan fingerprint density at radius 2 is 2.00 bits per heavy atom. The number of phenols is 1. The van der Waals surface area contributed by atoms with E-state index in [0.717, 1.165) is 36.1 Å². The fraction of sp³-hybridized carbons (Fsp3) is 0.375. The largest absolute Gasteiger partial charge is 0.508 e. The highest BCUT2D eigenvalue weighted by Gasteiger charge is 2.32. The van der Waals surface area contributed by atoms with Crippen LogP contribution in [0.25, 0.3) is 10.8 Å². The zero-order chi connectivity index (χ0) is 13.3. The standard InChI is InChI=1S/C16H19NO2/c1-16(10-19-11-16)9-17-8-14-13-5-3-2-4-12(13)6-7-15(14)18/h2-7,17-18H,8-11H2,1H3. The molecular weight excluding hydrogens is 238 g/mol. The molecule has 0 atom stereocenters. The van der Waals surface area contributed by atoms with Crippen molar-refractivity contribution in [2.45, 2.75) is 13.5 Å². The molecule has 0 spiro atoms. The number of benzene rings is 2. The summed E-state index contributed by atoms with van der Waals surface area (Å²) in [4.78, 5) is 0. The molecule has 0 radical (unpaired) electrons. The van der Waals surface area contributed by atoms with Crippen LogP contribution in [-0.2, 0) is 11.3 Å². The Hall–Kier alpha value is -1.58. The fourth-order valence-corrected chi connectivity index (χ4v) is 2.55. The quantitative estimate of drug-likeness (QED) is 0.884. The molecule has 2 aromatic carbocycles. The predicted molar refractivity (Wildman–Crippen MR) is 76.2 cm³/mol. The van der Waals surface area contributed by atoms with Crippen LogP contribution in [0.3, 0.4) is 0 Å². The number of hydrogen-bond acceptors (Lipinski definition) is 3. The second kappa shape index (κ2) is 4.83. The van der Waals surface area contributed by atoms with Crippen LogP contribution in [0.1, 0.15) is 12.5 Å². The summed E-state index contributed by atoms with van der Waals surface area (Å²) in [5.41, 5.74) is 1.22. The Morgan fingerprint density at radius 1 is 1.21 bits per heavy atom. The van der Waals surface area contributed by atoms with E-state index in [0.29, 0.717) is 12.3 Å². The van der Waals surface area contributed by atoms with Crippen LogP contribution in [0.4, 0.5) is 0 Å². The maximum absolute atomic E-state index is 10.0. The Morgan fingerprint density at radius 3 is 2.74 bits per heavy atom. The highest BCUT2D eigenvalue weighted by Crippen LogP contribution is 2.28. The average molecular weight is 257 g/mol. The molecule has 0 unspecified atom stereocenters. The minimum Gasteiger partial charge on any atom is -0.508 e. The van der Waals surface area contributed by atoms with Crippen molar-refractivity contribution < 1.29 is 9.84 Å². The minimum absolute atomic E-state index is 0.250. The summed E-state index contributed by atoms with van der Waals surface area (Å²) < 4.78 is 5.25. The van der Waals surface area contributed by atoms with Gasteiger partial charge >= 0.3 is 0 Å². The lowest BCUT2D eigenvalue weighted by molar-refractivity contribution is -0.0991. The van der Waals surface area contributed by atoms with Gasteiger partial charge in [-0.2, -0.15) is 0 Å². The molecule has 0 aromatic heterocycles. The van der Waals surface area contributed by atoms with Crippen LogP contribution in [0.15, 0.2) is 36.4 Å². The molecule has 0 bridgehead atoms. The third-order valence-electron chi connectivity index (χ3n) is 3.77. The number of phenolic OH excluding ortho intramolecular Hbond substituents is 1. The van der Waals surface area contributed by atoms with Gasteiger partial charge in [-0.05, 0) is 16.8 Å². The topological polar surface area (TPSA) is 41.5 Å². The van der Waals surface area contributed by atoms with Gasteiger partial charge in [0.15, 0.2) is 0 Å². The first-order valence-electron chi connectivity index (χ1n) is 6.66. The molecule has 2 aromatic rings. The molecule has 1 saturated heterocycles. The van der Waals surface area contributed by atoms with Crippen LogP contribution in [0.2, 0.25) is 0 Å². The van der Waals surface area contributed by atoms with Gasteiger partial charge in [-0.1, -0.05) is 37.3 Å². The lowest BCUT2D eigenvalue weighted by atomic mass is 9.88. The molecule has 1 heterocycles. The molecule has 0 aliphatic carbocycles. The minimum atomic E-state index is 0.250. The van der Waals surface area contributed by atoms with E-state index in [1.807, 2.05) is 18.2 Å². The molecule has 3 nitrogen and oxygen atoms in total. The second-order valence-corrected chi connectivity index (χ2v) is 5.69. The molecule has 2 N–H and O–H groups in total. The molecule has 3 rings (SSSR count). The summed E-state index contributed by atoms with van der Waals surface area (Å²) in [6.07, 6.45) is 0. The van der Waals surface area contributed by atoms with E-state index in [4.69, 9.17) is 4.74 Å². The zero-order valence-electron chi connectivity index (χ0n) is 11.1. The Balaban J connectivity index is 1.78. The molecule has 100 valence electrons. The highest BCUT2D eigenvalue weighted by atomic mass is 16.5. The van der Waals surface area contributed by atoms with Gasteiger partial charge in [-0.15, -0.1) is 0 Å². The van der Waals surface area contributed by atoms with Gasteiger partial charge in [0, 0.05) is 24.1 Å². The molecule has 0 amide bonds. The van der Waals surface area contributed by atoms with Gasteiger partial charge in [-0.25, -0.2) is 0 Å². The number of nitrogens with one attached hydrogen (secondary N) is 1. The van der Waals surface area contributed by atoms with Gasteiger partial charge in [0.2, 0.25) is 0 Å². The van der Waals surface area contributed by atoms with Crippen LogP contribution >= 0.6 is 0 Å². The Bertz CT molecular complexity index is 590. The van der Waals surface area contributed by atoms with E-state index >= 15 is 0 Å². The lowest BCUT2D eigenvalue weighted by Gasteiger charge is -2.38. The second-order valence-electron chi connectivity index (χ2n) is 5.69. The van der Waals surface area contributed by atoms with Crippen molar-refractivity contribution in [1.29, 1.82) is 0 Å². The summed E-state index contributed by atoms with van der Waals surface area (Å²) >= 11 is 0. The van der Waals surface area contributed by atoms with E-state index in [9.17, 15) is 5.11 Å². The van der Waals surface area contributed by atoms with Gasteiger partial charge in [0.1, 0.15) is 5.75 Å². The number of aromatic hydroxyl groups is 1. The lowest BCUT2D eigenvalue weighted by Crippen LogP contribution is -2.47. The Kier molecular flexibility index (Phi) is 3.17. The number of fused-ring (bicyclic) bond motifs is 1. The van der Waals surface area contributed by atoms with Crippen molar-refractivity contribution in [3.63, 3.8) is 0 Å². The molecule has 1 aliphatic rings. The van der Waals surface area contributed by atoms with Crippen molar-refractivity contribution in [2.75, 3.05) is 19.8 Å². The molecule has 1 aliphatic heterocycles. The van der Waals surface area contributed by atoms with Crippen LogP contribution in [-0.4, -0.2) is 24.9 Å². The van der Waals surface area contributed by atoms with Crippen molar-refractivity contribution in [3.8, 4) is 5.75 Å². The Labute approximate surface area is 113 Å². The average Bonchev–Trinajstić information content (AvgIpc) is 2.39. The maximum Gasteiger partial charge on any atom is 0.120 e. The van der Waals surface area contributed by atoms with Crippen LogP contribution in [0.5, 0.6) is 5.75 Å². The normalized spacial score (nSPS) is 17.3. The van der Waals surface area contributed by atoms with E-state index in [1.54, 1.807) is 6.07 Å². The van der Waals surface area contributed by atoms with E-state index in [2.05, 4.69) is 24.4 Å². The molecule has 1 fully saturated rings. The van der Waals surface area contributed by atoms with E-state index in [-0.39, 0.29) is 5.41 Å². The van der Waals surface area contributed by atoms with Gasteiger partial charge in [0.25, 0.3) is 0 Å². The van der Waals surface area contributed by atoms with E-state index in [1.165, 1.54) is 0 Å². The van der Waals surface area contributed by atoms with Crippen LogP contribution < -0.4 is 5.32 Å². The zero-order valence-corrected chi connectivity index (χ0v) is 11.1. The van der Waals surface area contributed by atoms with Crippen molar-refractivity contribution in [2.24, 2.45) is 5.41 Å². The van der Waals surface area contributed by atoms with Gasteiger partial charge < -0.3 is 15.2 Å². The van der Waals surface area contributed by atoms with Gasteiger partial charge in [-0.3, -0.25) is 0 Å². The smallest absolute Gasteiger partial charge is 0.120 e. The first-order chi connectivity index (χ1) is 9.18. The molecular formula is C16H19NO2. The van der Waals surface area contributed by atoms with E-state index < -0.39 is 0 Å². The summed E-state index contributed by atoms with van der Waals surface area (Å²) in [5, 5.41) is 15.8. The maximum atomic E-state index is 10.0. The molecule has 19 heavy (non-hydrogen) atoms. The van der Waals surface area contributed by atoms with Crippen molar-refractivity contribution >= 4 is 10.8 Å². The monoisotopic (exact) mass is 257 g/mol. The van der Waals surface area contributed by atoms with Crippen molar-refractivity contribution in [3.05, 3.63) is 42.0 Å². The summed E-state index contributed by atoms with van der Waals surface area (Å²) in [5.74, 6) is 0.362. The molecule has 0 saturated carbocycles. The SMILES string of the molecule is CC1(CNCc2c(O)ccc3ccccc23)COC1. The predicted octanol–water partition coefficient (Wildman–Crippen LogP) is 2.67. The highest BCUT2D eigenvalue weighted by molar-refractivity contribution is 5.87. The fourth-order valence-electron chi connectivity index (χ4n) is 2.55. The summed E-state index contributed by atoms with van der Waals surface area (Å²) in [6, 6.07) is 11.9. The van der Waals surface area contributed by atoms with Gasteiger partial charge in [0.05, 0.1) is 13.2 Å². The number of hydrogen-bond donors (Lipinski definition) is 2.